The van der Waals surface area contributed by atoms with Crippen LogP contribution in [0.3, 0.4) is 0 Å². The normalized spacial score (nSPS) is 11.1. The lowest BCUT2D eigenvalue weighted by Crippen LogP contribution is -2.26. The summed E-state index contributed by atoms with van der Waals surface area (Å²) in [5.41, 5.74) is 4.00. The molecule has 0 amide bonds. The topological polar surface area (TPSA) is 117 Å². The molecule has 0 unspecified atom stereocenters. The number of ether oxygens (including phenoxy) is 3. The first-order chi connectivity index (χ1) is 19.1. The Bertz CT molecular complexity index is 1650. The predicted octanol–water partition coefficient (Wildman–Crippen LogP) is 4.66. The number of fused-ring (bicyclic) bond motifs is 1. The SMILES string of the molecule is CCCCc1nc2c(OC)c(OC)c(OC)cc2c(=O)n1Cc1ccc(-c2ccccc2)c(-c2nn[nH]n2)c1. The summed E-state index contributed by atoms with van der Waals surface area (Å²) in [4.78, 5) is 18.9. The number of unbranched alkanes of at least 4 members (excludes halogenated alkanes) is 1. The average molecular weight is 527 g/mol. The highest BCUT2D eigenvalue weighted by Gasteiger charge is 2.22. The second-order valence-corrected chi connectivity index (χ2v) is 9.05. The first kappa shape index (κ1) is 25.9. The molecule has 0 aliphatic carbocycles. The van der Waals surface area contributed by atoms with Crippen molar-refractivity contribution in [2.45, 2.75) is 32.7 Å². The number of benzene rings is 3. The third kappa shape index (κ3) is 4.93. The van der Waals surface area contributed by atoms with Gasteiger partial charge in [-0.1, -0.05) is 55.8 Å². The summed E-state index contributed by atoms with van der Waals surface area (Å²) in [6, 6.07) is 17.7. The fraction of sp³-hybridized carbons (Fsp3) is 0.276. The Morgan fingerprint density at radius 2 is 1.72 bits per heavy atom. The molecule has 0 bridgehead atoms. The average Bonchev–Trinajstić information content (AvgIpc) is 3.52. The number of tetrazole rings is 1. The minimum Gasteiger partial charge on any atom is -0.493 e. The number of aromatic nitrogens is 6. The number of aromatic amines is 1. The molecule has 0 saturated carbocycles. The number of aryl methyl sites for hydroxylation is 1. The van der Waals surface area contributed by atoms with Crippen molar-refractivity contribution in [3.63, 3.8) is 0 Å². The van der Waals surface area contributed by atoms with Crippen molar-refractivity contribution in [2.24, 2.45) is 0 Å². The van der Waals surface area contributed by atoms with Crippen LogP contribution in [-0.2, 0) is 13.0 Å². The lowest BCUT2D eigenvalue weighted by molar-refractivity contribution is 0.326. The van der Waals surface area contributed by atoms with Crippen LogP contribution >= 0.6 is 0 Å². The van der Waals surface area contributed by atoms with E-state index in [4.69, 9.17) is 19.2 Å². The molecule has 3 aromatic carbocycles. The standard InChI is InChI=1S/C29H30N6O4/c1-5-6-12-24-30-25-22(16-23(37-2)26(38-3)27(25)39-4)29(36)35(24)17-18-13-14-20(19-10-8-7-9-11-19)21(15-18)28-31-33-34-32-28/h7-11,13-16H,5-6,12,17H2,1-4H3,(H,31,32,33,34). The summed E-state index contributed by atoms with van der Waals surface area (Å²) >= 11 is 0. The van der Waals surface area contributed by atoms with Crippen molar-refractivity contribution in [3.05, 3.63) is 76.3 Å². The van der Waals surface area contributed by atoms with Gasteiger partial charge < -0.3 is 14.2 Å². The van der Waals surface area contributed by atoms with Crippen molar-refractivity contribution in [1.29, 1.82) is 0 Å². The Morgan fingerprint density at radius 1 is 0.923 bits per heavy atom. The van der Waals surface area contributed by atoms with E-state index < -0.39 is 0 Å². The maximum atomic E-state index is 14.0. The Kier molecular flexibility index (Phi) is 7.53. The molecular weight excluding hydrogens is 496 g/mol. The summed E-state index contributed by atoms with van der Waals surface area (Å²) in [5, 5.41) is 15.1. The van der Waals surface area contributed by atoms with E-state index in [1.54, 1.807) is 10.6 Å². The Hall–Kier alpha value is -4.73. The van der Waals surface area contributed by atoms with E-state index in [-0.39, 0.29) is 5.56 Å². The van der Waals surface area contributed by atoms with Gasteiger partial charge >= 0.3 is 0 Å². The minimum atomic E-state index is -0.182. The smallest absolute Gasteiger partial charge is 0.261 e. The first-order valence-corrected chi connectivity index (χ1v) is 12.7. The van der Waals surface area contributed by atoms with Crippen LogP contribution in [0.15, 0.2) is 59.4 Å². The molecule has 0 aliphatic rings. The Balaban J connectivity index is 1.68. The van der Waals surface area contributed by atoms with Gasteiger partial charge in [0.2, 0.25) is 11.6 Å². The minimum absolute atomic E-state index is 0.182. The van der Waals surface area contributed by atoms with Gasteiger partial charge in [0.15, 0.2) is 11.5 Å². The van der Waals surface area contributed by atoms with E-state index in [1.165, 1.54) is 21.3 Å². The Morgan fingerprint density at radius 3 is 2.38 bits per heavy atom. The van der Waals surface area contributed by atoms with Gasteiger partial charge in [0.05, 0.1) is 33.3 Å². The number of nitrogens with zero attached hydrogens (tertiary/aromatic N) is 5. The zero-order valence-electron chi connectivity index (χ0n) is 22.4. The van der Waals surface area contributed by atoms with Gasteiger partial charge in [-0.05, 0) is 40.5 Å². The third-order valence-electron chi connectivity index (χ3n) is 6.68. The maximum Gasteiger partial charge on any atom is 0.261 e. The van der Waals surface area contributed by atoms with E-state index in [2.05, 4.69) is 27.5 Å². The predicted molar refractivity (Wildman–Crippen MR) is 148 cm³/mol. The summed E-state index contributed by atoms with van der Waals surface area (Å²) in [7, 11) is 4.59. The number of hydrogen-bond donors (Lipinski definition) is 1. The highest BCUT2D eigenvalue weighted by atomic mass is 16.5. The number of hydrogen-bond acceptors (Lipinski definition) is 8. The van der Waals surface area contributed by atoms with Crippen LogP contribution in [0.25, 0.3) is 33.4 Å². The first-order valence-electron chi connectivity index (χ1n) is 12.7. The van der Waals surface area contributed by atoms with Crippen LogP contribution in [0, 0.1) is 0 Å². The molecule has 200 valence electrons. The van der Waals surface area contributed by atoms with Crippen molar-refractivity contribution in [1.82, 2.24) is 30.2 Å². The van der Waals surface area contributed by atoms with Crippen LogP contribution in [0.1, 0.15) is 31.2 Å². The van der Waals surface area contributed by atoms with Crippen molar-refractivity contribution in [3.8, 4) is 39.8 Å². The molecule has 5 aromatic rings. The molecule has 10 heteroatoms. The van der Waals surface area contributed by atoms with E-state index in [9.17, 15) is 4.79 Å². The fourth-order valence-electron chi connectivity index (χ4n) is 4.76. The molecule has 0 radical (unpaired) electrons. The molecule has 2 aromatic heterocycles. The molecule has 0 atom stereocenters. The fourth-order valence-corrected chi connectivity index (χ4v) is 4.76. The van der Waals surface area contributed by atoms with Crippen molar-refractivity contribution in [2.75, 3.05) is 21.3 Å². The molecule has 5 rings (SSSR count). The molecule has 2 heterocycles. The van der Waals surface area contributed by atoms with Crippen LogP contribution < -0.4 is 19.8 Å². The van der Waals surface area contributed by atoms with Gasteiger partial charge in [-0.2, -0.15) is 5.21 Å². The second-order valence-electron chi connectivity index (χ2n) is 9.05. The summed E-state index contributed by atoms with van der Waals surface area (Å²) in [5.74, 6) is 2.33. The van der Waals surface area contributed by atoms with Crippen LogP contribution in [0.2, 0.25) is 0 Å². The van der Waals surface area contributed by atoms with E-state index in [1.807, 2.05) is 48.5 Å². The number of nitrogens with one attached hydrogen (secondary N) is 1. The third-order valence-corrected chi connectivity index (χ3v) is 6.68. The molecular formula is C29H30N6O4. The van der Waals surface area contributed by atoms with E-state index in [0.717, 1.165) is 35.1 Å². The van der Waals surface area contributed by atoms with Gasteiger partial charge in [-0.25, -0.2) is 4.98 Å². The molecule has 0 aliphatic heterocycles. The van der Waals surface area contributed by atoms with Gasteiger partial charge in [-0.3, -0.25) is 9.36 Å². The van der Waals surface area contributed by atoms with Gasteiger partial charge in [-0.15, -0.1) is 10.2 Å². The molecule has 0 fully saturated rings. The zero-order valence-corrected chi connectivity index (χ0v) is 22.4. The van der Waals surface area contributed by atoms with Crippen molar-refractivity contribution >= 4 is 10.9 Å². The highest BCUT2D eigenvalue weighted by Crippen LogP contribution is 2.41. The summed E-state index contributed by atoms with van der Waals surface area (Å²) in [6.07, 6.45) is 2.48. The Labute approximate surface area is 225 Å². The maximum absolute atomic E-state index is 14.0. The lowest BCUT2D eigenvalue weighted by atomic mass is 9.97. The number of H-pyrrole nitrogens is 1. The van der Waals surface area contributed by atoms with Crippen molar-refractivity contribution < 1.29 is 14.2 Å². The molecule has 0 spiro atoms. The van der Waals surface area contributed by atoms with Crippen LogP contribution in [-0.4, -0.2) is 51.5 Å². The van der Waals surface area contributed by atoms with Gasteiger partial charge in [0, 0.05) is 12.0 Å². The summed E-state index contributed by atoms with van der Waals surface area (Å²) < 4.78 is 18.4. The molecule has 0 saturated heterocycles. The zero-order chi connectivity index (χ0) is 27.4. The highest BCUT2D eigenvalue weighted by molar-refractivity contribution is 5.89. The number of rotatable bonds is 10. The quantitative estimate of drug-likeness (QED) is 0.279. The van der Waals surface area contributed by atoms with Gasteiger partial charge in [0.1, 0.15) is 11.3 Å². The second kappa shape index (κ2) is 11.3. The monoisotopic (exact) mass is 526 g/mol. The molecule has 39 heavy (non-hydrogen) atoms. The summed E-state index contributed by atoms with van der Waals surface area (Å²) in [6.45, 7) is 2.43. The molecule has 10 nitrogen and oxygen atoms in total. The molecule has 1 N–H and O–H groups in total. The van der Waals surface area contributed by atoms with Crippen LogP contribution in [0.4, 0.5) is 0 Å². The lowest BCUT2D eigenvalue weighted by Gasteiger charge is -2.18. The number of methoxy groups -OCH3 is 3. The van der Waals surface area contributed by atoms with E-state index >= 15 is 0 Å². The van der Waals surface area contributed by atoms with E-state index in [0.29, 0.717) is 52.8 Å². The van der Waals surface area contributed by atoms with Gasteiger partial charge in [0.25, 0.3) is 5.56 Å². The van der Waals surface area contributed by atoms with Crippen LogP contribution in [0.5, 0.6) is 17.2 Å². The largest absolute Gasteiger partial charge is 0.493 e.